The number of hydrogen-bond acceptors (Lipinski definition) is 3. The van der Waals surface area contributed by atoms with Crippen molar-refractivity contribution in [3.05, 3.63) is 94.3 Å². The highest BCUT2D eigenvalue weighted by Crippen LogP contribution is 2.22. The van der Waals surface area contributed by atoms with E-state index >= 15 is 0 Å². The van der Waals surface area contributed by atoms with Gasteiger partial charge in [0.1, 0.15) is 5.82 Å². The van der Waals surface area contributed by atoms with Gasteiger partial charge in [-0.05, 0) is 23.8 Å². The number of rotatable bonds is 5. The fraction of sp³-hybridized carbons (Fsp3) is 0.100. The van der Waals surface area contributed by atoms with Crippen LogP contribution in [0.4, 0.5) is 4.39 Å². The van der Waals surface area contributed by atoms with Crippen molar-refractivity contribution in [1.82, 2.24) is 14.5 Å². The van der Waals surface area contributed by atoms with E-state index in [-0.39, 0.29) is 5.43 Å². The molecule has 26 heavy (non-hydrogen) atoms. The highest BCUT2D eigenvalue weighted by Gasteiger charge is 2.08. The molecule has 4 aromatic rings. The summed E-state index contributed by atoms with van der Waals surface area (Å²) in [6.45, 7) is 0.747. The summed E-state index contributed by atoms with van der Waals surface area (Å²) in [6.07, 6.45) is 3.72. The second-order valence-electron chi connectivity index (χ2n) is 5.96. The van der Waals surface area contributed by atoms with Crippen LogP contribution in [0.15, 0.2) is 76.9 Å². The lowest BCUT2D eigenvalue weighted by atomic mass is 10.2. The molecule has 0 aliphatic rings. The third-order valence-corrected chi connectivity index (χ3v) is 5.13. The first-order valence-electron chi connectivity index (χ1n) is 8.18. The van der Waals surface area contributed by atoms with Crippen molar-refractivity contribution in [3.63, 3.8) is 0 Å². The molecular formula is C20H16FN3OS. The zero-order valence-corrected chi connectivity index (χ0v) is 14.7. The number of nitrogens with zero attached hydrogens (tertiary/aromatic N) is 2. The standard InChI is InChI=1S/C20H16FN3OS/c21-15-6-7-18-17(10-15)19(25)11-16(23-18)13-26-20-22-8-9-24(20)12-14-4-2-1-3-5-14/h1-11H,12-13H2,(H,23,25). The molecule has 0 bridgehead atoms. The molecular weight excluding hydrogens is 349 g/mol. The molecule has 0 amide bonds. The summed E-state index contributed by atoms with van der Waals surface area (Å²) in [4.78, 5) is 19.8. The Morgan fingerprint density at radius 2 is 1.96 bits per heavy atom. The van der Waals surface area contributed by atoms with Crippen LogP contribution in [0.2, 0.25) is 0 Å². The van der Waals surface area contributed by atoms with Gasteiger partial charge in [0.15, 0.2) is 10.6 Å². The first-order valence-corrected chi connectivity index (χ1v) is 9.17. The number of benzene rings is 2. The van der Waals surface area contributed by atoms with Gasteiger partial charge in [-0.25, -0.2) is 9.37 Å². The summed E-state index contributed by atoms with van der Waals surface area (Å²) in [7, 11) is 0. The van der Waals surface area contributed by atoms with Gasteiger partial charge in [0.05, 0.1) is 0 Å². The molecule has 4 nitrogen and oxygen atoms in total. The molecule has 0 unspecified atom stereocenters. The summed E-state index contributed by atoms with van der Waals surface area (Å²) in [5.74, 6) is 0.169. The first-order chi connectivity index (χ1) is 12.7. The Balaban J connectivity index is 1.53. The zero-order chi connectivity index (χ0) is 17.9. The fourth-order valence-electron chi connectivity index (χ4n) is 2.83. The van der Waals surface area contributed by atoms with Crippen LogP contribution in [0, 0.1) is 5.82 Å². The van der Waals surface area contributed by atoms with E-state index in [0.29, 0.717) is 16.7 Å². The molecule has 6 heteroatoms. The van der Waals surface area contributed by atoms with Gasteiger partial charge in [0.2, 0.25) is 0 Å². The van der Waals surface area contributed by atoms with Crippen LogP contribution in [0.3, 0.4) is 0 Å². The van der Waals surface area contributed by atoms with E-state index in [1.54, 1.807) is 24.0 Å². The monoisotopic (exact) mass is 365 g/mol. The van der Waals surface area contributed by atoms with Crippen molar-refractivity contribution >= 4 is 22.7 Å². The molecule has 0 radical (unpaired) electrons. The fourth-order valence-corrected chi connectivity index (χ4v) is 3.70. The molecule has 0 saturated carbocycles. The van der Waals surface area contributed by atoms with E-state index in [1.807, 2.05) is 24.4 Å². The van der Waals surface area contributed by atoms with Crippen molar-refractivity contribution in [1.29, 1.82) is 0 Å². The van der Waals surface area contributed by atoms with Gasteiger partial charge >= 0.3 is 0 Å². The number of aromatic nitrogens is 3. The van der Waals surface area contributed by atoms with Crippen LogP contribution >= 0.6 is 11.8 Å². The van der Waals surface area contributed by atoms with Gasteiger partial charge < -0.3 is 9.55 Å². The third-order valence-electron chi connectivity index (χ3n) is 4.08. The van der Waals surface area contributed by atoms with Crippen molar-refractivity contribution < 1.29 is 4.39 Å². The quantitative estimate of drug-likeness (QED) is 0.539. The number of pyridine rings is 1. The number of aromatic amines is 1. The lowest BCUT2D eigenvalue weighted by Gasteiger charge is -2.08. The minimum atomic E-state index is -0.409. The maximum atomic E-state index is 13.3. The minimum Gasteiger partial charge on any atom is -0.357 e. The van der Waals surface area contributed by atoms with Crippen molar-refractivity contribution in [2.45, 2.75) is 17.5 Å². The molecule has 0 aliphatic heterocycles. The van der Waals surface area contributed by atoms with Crippen LogP contribution < -0.4 is 5.43 Å². The lowest BCUT2D eigenvalue weighted by molar-refractivity contribution is 0.629. The summed E-state index contributed by atoms with van der Waals surface area (Å²) < 4.78 is 15.4. The van der Waals surface area contributed by atoms with E-state index in [1.165, 1.54) is 23.8 Å². The Kier molecular flexibility index (Phi) is 4.58. The van der Waals surface area contributed by atoms with Crippen LogP contribution in [0.25, 0.3) is 10.9 Å². The maximum absolute atomic E-state index is 13.3. The summed E-state index contributed by atoms with van der Waals surface area (Å²) in [5.41, 5.74) is 2.45. The van der Waals surface area contributed by atoms with Crippen molar-refractivity contribution in [2.24, 2.45) is 0 Å². The summed E-state index contributed by atoms with van der Waals surface area (Å²) >= 11 is 1.55. The Bertz CT molecular complexity index is 1100. The van der Waals surface area contributed by atoms with E-state index < -0.39 is 5.82 Å². The number of thioether (sulfide) groups is 1. The molecule has 0 fully saturated rings. The molecule has 0 saturated heterocycles. The number of fused-ring (bicyclic) bond motifs is 1. The van der Waals surface area contributed by atoms with Crippen LogP contribution in [-0.2, 0) is 12.3 Å². The van der Waals surface area contributed by atoms with Crippen molar-refractivity contribution in [2.75, 3.05) is 0 Å². The first kappa shape index (κ1) is 16.6. The average Bonchev–Trinajstić information content (AvgIpc) is 3.08. The normalized spacial score (nSPS) is 11.1. The molecule has 2 aromatic heterocycles. The van der Waals surface area contributed by atoms with Crippen LogP contribution in [-0.4, -0.2) is 14.5 Å². The second kappa shape index (κ2) is 7.17. The predicted octanol–water partition coefficient (Wildman–Crippen LogP) is 4.20. The molecule has 2 heterocycles. The smallest absolute Gasteiger partial charge is 0.189 e. The Labute approximate surface area is 153 Å². The molecule has 4 rings (SSSR count). The molecule has 1 N–H and O–H groups in total. The Hall–Kier alpha value is -2.86. The Morgan fingerprint density at radius 1 is 1.12 bits per heavy atom. The van der Waals surface area contributed by atoms with E-state index in [0.717, 1.165) is 17.4 Å². The van der Waals surface area contributed by atoms with Gasteiger partial charge in [0, 0.05) is 47.4 Å². The molecule has 2 aromatic carbocycles. The largest absolute Gasteiger partial charge is 0.357 e. The molecule has 0 aliphatic carbocycles. The molecule has 130 valence electrons. The van der Waals surface area contributed by atoms with E-state index in [4.69, 9.17) is 0 Å². The van der Waals surface area contributed by atoms with Crippen molar-refractivity contribution in [3.8, 4) is 0 Å². The van der Waals surface area contributed by atoms with E-state index in [9.17, 15) is 9.18 Å². The highest BCUT2D eigenvalue weighted by atomic mass is 32.2. The highest BCUT2D eigenvalue weighted by molar-refractivity contribution is 7.98. The Morgan fingerprint density at radius 3 is 2.81 bits per heavy atom. The summed E-state index contributed by atoms with van der Waals surface area (Å²) in [5, 5.41) is 1.25. The number of H-pyrrole nitrogens is 1. The number of imidazole rings is 1. The lowest BCUT2D eigenvalue weighted by Crippen LogP contribution is -2.05. The SMILES string of the molecule is O=c1cc(CSc2nccn2Cc2ccccc2)[nH]c2ccc(F)cc12. The maximum Gasteiger partial charge on any atom is 0.189 e. The number of nitrogens with one attached hydrogen (secondary N) is 1. The van der Waals surface area contributed by atoms with Gasteiger partial charge in [0.25, 0.3) is 0 Å². The molecule has 0 atom stereocenters. The second-order valence-corrected chi connectivity index (χ2v) is 6.90. The van der Waals surface area contributed by atoms with Crippen LogP contribution in [0.5, 0.6) is 0 Å². The number of hydrogen-bond donors (Lipinski definition) is 1. The summed E-state index contributed by atoms with van der Waals surface area (Å²) in [6, 6.07) is 15.9. The van der Waals surface area contributed by atoms with E-state index in [2.05, 4.69) is 26.7 Å². The average molecular weight is 365 g/mol. The van der Waals surface area contributed by atoms with Gasteiger partial charge in [-0.2, -0.15) is 0 Å². The zero-order valence-electron chi connectivity index (χ0n) is 13.9. The molecule has 0 spiro atoms. The van der Waals surface area contributed by atoms with Gasteiger partial charge in [-0.1, -0.05) is 42.1 Å². The minimum absolute atomic E-state index is 0.179. The topological polar surface area (TPSA) is 50.7 Å². The number of halogens is 1. The third kappa shape index (κ3) is 3.55. The van der Waals surface area contributed by atoms with Gasteiger partial charge in [-0.15, -0.1) is 0 Å². The predicted molar refractivity (Wildman–Crippen MR) is 102 cm³/mol. The van der Waals surface area contributed by atoms with Gasteiger partial charge in [-0.3, -0.25) is 4.79 Å². The van der Waals surface area contributed by atoms with Crippen LogP contribution in [0.1, 0.15) is 11.3 Å².